The minimum Gasteiger partial charge on any atom is -0.494 e. The Bertz CT molecular complexity index is 929. The SMILES string of the molecule is CCN(CC)CCCOc1ccc2c(c1)[nH]c1ccc(OCCCN(CC)CC)cc12. The third-order valence-corrected chi connectivity index (χ3v) is 6.11. The Morgan fingerprint density at radius 2 is 1.19 bits per heavy atom. The minimum atomic E-state index is 0.744. The summed E-state index contributed by atoms with van der Waals surface area (Å²) in [7, 11) is 0. The molecule has 0 saturated heterocycles. The summed E-state index contributed by atoms with van der Waals surface area (Å²) in [6.45, 7) is 16.9. The van der Waals surface area contributed by atoms with Crippen LogP contribution in [0, 0.1) is 0 Å². The summed E-state index contributed by atoms with van der Waals surface area (Å²) in [5.74, 6) is 1.86. The van der Waals surface area contributed by atoms with E-state index in [4.69, 9.17) is 9.47 Å². The molecule has 0 aliphatic rings. The summed E-state index contributed by atoms with van der Waals surface area (Å²) in [6.07, 6.45) is 2.09. The van der Waals surface area contributed by atoms with Gasteiger partial charge in [0.05, 0.1) is 18.7 Å². The van der Waals surface area contributed by atoms with Crippen LogP contribution in [-0.2, 0) is 0 Å². The highest BCUT2D eigenvalue weighted by molar-refractivity contribution is 6.08. The van der Waals surface area contributed by atoms with Crippen molar-refractivity contribution in [1.29, 1.82) is 0 Å². The van der Waals surface area contributed by atoms with E-state index < -0.39 is 0 Å². The van der Waals surface area contributed by atoms with Crippen molar-refractivity contribution in [3.8, 4) is 11.5 Å². The average Bonchev–Trinajstić information content (AvgIpc) is 3.16. The van der Waals surface area contributed by atoms with Gasteiger partial charge in [0.15, 0.2) is 0 Å². The molecule has 3 aromatic rings. The van der Waals surface area contributed by atoms with Crippen LogP contribution < -0.4 is 9.47 Å². The second-order valence-corrected chi connectivity index (χ2v) is 8.00. The zero-order chi connectivity index (χ0) is 22.1. The summed E-state index contributed by atoms with van der Waals surface area (Å²) in [5.41, 5.74) is 2.24. The second kappa shape index (κ2) is 12.0. The Balaban J connectivity index is 1.59. The summed E-state index contributed by atoms with van der Waals surface area (Å²) in [4.78, 5) is 8.37. The smallest absolute Gasteiger partial charge is 0.121 e. The van der Waals surface area contributed by atoms with E-state index >= 15 is 0 Å². The number of nitrogens with zero attached hydrogens (tertiary/aromatic N) is 2. The van der Waals surface area contributed by atoms with Gasteiger partial charge in [0, 0.05) is 35.4 Å². The van der Waals surface area contributed by atoms with Gasteiger partial charge in [-0.15, -0.1) is 0 Å². The van der Waals surface area contributed by atoms with Crippen molar-refractivity contribution in [2.75, 3.05) is 52.5 Å². The first-order valence-electron chi connectivity index (χ1n) is 11.9. The van der Waals surface area contributed by atoms with Crippen molar-refractivity contribution in [3.05, 3.63) is 36.4 Å². The molecule has 0 aliphatic carbocycles. The number of aromatic nitrogens is 1. The van der Waals surface area contributed by atoms with E-state index in [1.54, 1.807) is 0 Å². The number of hydrogen-bond donors (Lipinski definition) is 1. The first-order valence-corrected chi connectivity index (χ1v) is 11.9. The zero-order valence-electron chi connectivity index (χ0n) is 19.7. The number of rotatable bonds is 14. The van der Waals surface area contributed by atoms with Crippen molar-refractivity contribution in [2.45, 2.75) is 40.5 Å². The van der Waals surface area contributed by atoms with Gasteiger partial charge < -0.3 is 24.3 Å². The number of fused-ring (bicyclic) bond motifs is 3. The number of nitrogens with one attached hydrogen (secondary N) is 1. The Kier molecular flexibility index (Phi) is 9.04. The Hall–Kier alpha value is -2.24. The molecule has 31 heavy (non-hydrogen) atoms. The predicted octanol–water partition coefficient (Wildman–Crippen LogP) is 5.54. The maximum atomic E-state index is 6.03. The van der Waals surface area contributed by atoms with Crippen LogP contribution in [0.15, 0.2) is 36.4 Å². The fraction of sp³-hybridized carbons (Fsp3) is 0.538. The van der Waals surface area contributed by atoms with Gasteiger partial charge in [0.2, 0.25) is 0 Å². The van der Waals surface area contributed by atoms with Crippen LogP contribution in [0.25, 0.3) is 21.8 Å². The van der Waals surface area contributed by atoms with E-state index in [9.17, 15) is 0 Å². The maximum Gasteiger partial charge on any atom is 0.121 e. The highest BCUT2D eigenvalue weighted by atomic mass is 16.5. The van der Waals surface area contributed by atoms with E-state index in [1.165, 1.54) is 10.8 Å². The Labute approximate surface area is 187 Å². The van der Waals surface area contributed by atoms with Crippen LogP contribution >= 0.6 is 0 Å². The lowest BCUT2D eigenvalue weighted by Crippen LogP contribution is -2.25. The quantitative estimate of drug-likeness (QED) is 0.344. The fourth-order valence-corrected chi connectivity index (χ4v) is 4.08. The van der Waals surface area contributed by atoms with E-state index in [0.29, 0.717) is 0 Å². The number of ether oxygens (including phenoxy) is 2. The molecule has 1 heterocycles. The third kappa shape index (κ3) is 6.37. The summed E-state index contributed by atoms with van der Waals surface area (Å²) < 4.78 is 12.0. The van der Waals surface area contributed by atoms with Crippen molar-refractivity contribution >= 4 is 21.8 Å². The van der Waals surface area contributed by atoms with E-state index in [0.717, 1.165) is 87.9 Å². The van der Waals surface area contributed by atoms with Crippen LogP contribution in [0.5, 0.6) is 11.5 Å². The van der Waals surface area contributed by atoms with E-state index in [-0.39, 0.29) is 0 Å². The molecule has 5 nitrogen and oxygen atoms in total. The molecule has 1 N–H and O–H groups in total. The number of H-pyrrole nitrogens is 1. The standard InChI is InChI=1S/C26H39N3O2/c1-5-28(6-2)15-9-17-30-21-12-14-25-24(19-21)23-13-11-22(20-26(23)27-25)31-18-10-16-29(7-3)8-4/h11-14,19-20,27H,5-10,15-18H2,1-4H3. The number of aromatic amines is 1. The molecule has 0 saturated carbocycles. The first-order chi connectivity index (χ1) is 15.2. The lowest BCUT2D eigenvalue weighted by Gasteiger charge is -2.17. The number of benzene rings is 2. The van der Waals surface area contributed by atoms with Crippen LogP contribution in [0.1, 0.15) is 40.5 Å². The maximum absolute atomic E-state index is 6.03. The van der Waals surface area contributed by atoms with Gasteiger partial charge in [-0.2, -0.15) is 0 Å². The summed E-state index contributed by atoms with van der Waals surface area (Å²) in [6, 6.07) is 12.6. The molecule has 2 aromatic carbocycles. The summed E-state index contributed by atoms with van der Waals surface area (Å²) in [5, 5.41) is 2.41. The first kappa shape index (κ1) is 23.4. The van der Waals surface area contributed by atoms with Gasteiger partial charge in [0.25, 0.3) is 0 Å². The lowest BCUT2D eigenvalue weighted by molar-refractivity contribution is 0.249. The van der Waals surface area contributed by atoms with Crippen molar-refractivity contribution in [2.24, 2.45) is 0 Å². The number of hydrogen-bond acceptors (Lipinski definition) is 4. The van der Waals surface area contributed by atoms with Crippen molar-refractivity contribution in [1.82, 2.24) is 14.8 Å². The van der Waals surface area contributed by atoms with Crippen LogP contribution in [0.4, 0.5) is 0 Å². The highest BCUT2D eigenvalue weighted by Crippen LogP contribution is 2.31. The van der Waals surface area contributed by atoms with Gasteiger partial charge in [-0.05, 0) is 69.4 Å². The molecule has 0 fully saturated rings. The molecule has 0 atom stereocenters. The monoisotopic (exact) mass is 425 g/mol. The Morgan fingerprint density at radius 1 is 0.645 bits per heavy atom. The van der Waals surface area contributed by atoms with Gasteiger partial charge in [-0.25, -0.2) is 0 Å². The average molecular weight is 426 g/mol. The molecule has 0 bridgehead atoms. The van der Waals surface area contributed by atoms with E-state index in [1.807, 2.05) is 0 Å². The molecule has 0 spiro atoms. The third-order valence-electron chi connectivity index (χ3n) is 6.11. The topological polar surface area (TPSA) is 40.7 Å². The Morgan fingerprint density at radius 3 is 1.77 bits per heavy atom. The zero-order valence-corrected chi connectivity index (χ0v) is 19.7. The minimum absolute atomic E-state index is 0.744. The van der Waals surface area contributed by atoms with Crippen molar-refractivity contribution in [3.63, 3.8) is 0 Å². The molecule has 5 heteroatoms. The molecular formula is C26H39N3O2. The van der Waals surface area contributed by atoms with Gasteiger partial charge in [-0.3, -0.25) is 0 Å². The lowest BCUT2D eigenvalue weighted by atomic mass is 10.1. The van der Waals surface area contributed by atoms with Gasteiger partial charge in [-0.1, -0.05) is 27.7 Å². The molecule has 0 unspecified atom stereocenters. The van der Waals surface area contributed by atoms with Crippen LogP contribution in [-0.4, -0.2) is 67.3 Å². The van der Waals surface area contributed by atoms with Gasteiger partial charge in [0.1, 0.15) is 11.5 Å². The second-order valence-electron chi connectivity index (χ2n) is 8.00. The molecule has 3 rings (SSSR count). The molecule has 0 amide bonds. The largest absolute Gasteiger partial charge is 0.494 e. The highest BCUT2D eigenvalue weighted by Gasteiger charge is 2.08. The molecule has 170 valence electrons. The molecule has 1 aromatic heterocycles. The molecular weight excluding hydrogens is 386 g/mol. The van der Waals surface area contributed by atoms with Crippen LogP contribution in [0.3, 0.4) is 0 Å². The predicted molar refractivity (Wildman–Crippen MR) is 132 cm³/mol. The van der Waals surface area contributed by atoms with Crippen LogP contribution in [0.2, 0.25) is 0 Å². The van der Waals surface area contributed by atoms with E-state index in [2.05, 4.69) is 78.9 Å². The van der Waals surface area contributed by atoms with Gasteiger partial charge >= 0.3 is 0 Å². The van der Waals surface area contributed by atoms with Crippen molar-refractivity contribution < 1.29 is 9.47 Å². The fourth-order valence-electron chi connectivity index (χ4n) is 4.08. The normalized spacial score (nSPS) is 11.8. The summed E-state index contributed by atoms with van der Waals surface area (Å²) >= 11 is 0. The molecule has 0 radical (unpaired) electrons. The molecule has 0 aliphatic heterocycles.